The molecule has 2 amide bonds. The number of rotatable bonds is 13. The molecule has 0 aliphatic carbocycles. The zero-order valence-corrected chi connectivity index (χ0v) is 27.6. The highest BCUT2D eigenvalue weighted by atomic mass is 32.2. The second kappa shape index (κ2) is 15.2. The van der Waals surface area contributed by atoms with Crippen LogP contribution in [0.15, 0.2) is 59.5 Å². The summed E-state index contributed by atoms with van der Waals surface area (Å²) in [5, 5.41) is 5.51. The van der Waals surface area contributed by atoms with Crippen molar-refractivity contribution in [3.05, 3.63) is 88.0 Å². The number of esters is 1. The Hall–Kier alpha value is -4.42. The molecule has 0 saturated heterocycles. The summed E-state index contributed by atoms with van der Waals surface area (Å²) in [5.74, 6) is -0.612. The highest BCUT2D eigenvalue weighted by molar-refractivity contribution is 7.89. The van der Waals surface area contributed by atoms with E-state index in [0.717, 1.165) is 16.7 Å². The number of alkyl carbamates (subject to hydrolysis) is 1. The third kappa shape index (κ3) is 8.64. The van der Waals surface area contributed by atoms with Crippen LogP contribution < -0.4 is 20.1 Å². The van der Waals surface area contributed by atoms with Crippen molar-refractivity contribution in [1.82, 2.24) is 10.0 Å². The molecule has 4 rings (SSSR count). The van der Waals surface area contributed by atoms with Gasteiger partial charge in [0.05, 0.1) is 17.2 Å². The Morgan fingerprint density at radius 3 is 2.33 bits per heavy atom. The number of ether oxygens (including phenoxy) is 3. The molecule has 3 N–H and O–H groups in total. The van der Waals surface area contributed by atoms with E-state index in [0.29, 0.717) is 47.5 Å². The average molecular weight is 652 g/mol. The molecule has 46 heavy (non-hydrogen) atoms. The van der Waals surface area contributed by atoms with Gasteiger partial charge < -0.3 is 24.8 Å². The minimum absolute atomic E-state index is 0.0143. The summed E-state index contributed by atoms with van der Waals surface area (Å²) >= 11 is 0. The molecule has 11 nitrogen and oxygen atoms in total. The SMILES string of the molecule is CCOC(=O)[C@H](Cc1ccc2c(c1)NC(=O)[C@@H](CCCNC(=O)OCc1ccccc1)O2)NS(=O)(=O)c1c(C)c(C)cc(C)c1C. The van der Waals surface area contributed by atoms with Crippen molar-refractivity contribution in [3.63, 3.8) is 0 Å². The number of aryl methyl sites for hydroxylation is 2. The smallest absolute Gasteiger partial charge is 0.407 e. The number of anilines is 1. The lowest BCUT2D eigenvalue weighted by Crippen LogP contribution is -2.44. The minimum atomic E-state index is -4.09. The van der Waals surface area contributed by atoms with Gasteiger partial charge in [0.2, 0.25) is 10.0 Å². The van der Waals surface area contributed by atoms with Crippen molar-refractivity contribution in [2.75, 3.05) is 18.5 Å². The number of nitrogens with one attached hydrogen (secondary N) is 3. The van der Waals surface area contributed by atoms with Crippen LogP contribution in [0.25, 0.3) is 0 Å². The molecule has 0 spiro atoms. The van der Waals surface area contributed by atoms with E-state index in [2.05, 4.69) is 15.4 Å². The molecule has 3 aromatic rings. The molecule has 246 valence electrons. The first-order valence-electron chi connectivity index (χ1n) is 15.2. The van der Waals surface area contributed by atoms with Crippen LogP contribution in [0.4, 0.5) is 10.5 Å². The van der Waals surface area contributed by atoms with Crippen LogP contribution in [-0.2, 0) is 42.1 Å². The maximum absolute atomic E-state index is 13.6. The normalized spacial score (nSPS) is 14.8. The summed E-state index contributed by atoms with van der Waals surface area (Å²) in [6, 6.07) is 15.1. The Kier molecular flexibility index (Phi) is 11.4. The first kappa shape index (κ1) is 34.5. The maximum atomic E-state index is 13.6. The van der Waals surface area contributed by atoms with E-state index in [1.165, 1.54) is 0 Å². The van der Waals surface area contributed by atoms with Crippen molar-refractivity contribution in [2.24, 2.45) is 0 Å². The second-order valence-corrected chi connectivity index (χ2v) is 12.9. The van der Waals surface area contributed by atoms with E-state index in [4.69, 9.17) is 14.2 Å². The molecular weight excluding hydrogens is 610 g/mol. The Labute approximate surface area is 270 Å². The molecule has 3 aromatic carbocycles. The lowest BCUT2D eigenvalue weighted by atomic mass is 10.0. The average Bonchev–Trinajstić information content (AvgIpc) is 3.01. The Balaban J connectivity index is 1.37. The molecule has 0 aromatic heterocycles. The highest BCUT2D eigenvalue weighted by Gasteiger charge is 2.32. The van der Waals surface area contributed by atoms with Crippen molar-refractivity contribution in [1.29, 1.82) is 0 Å². The van der Waals surface area contributed by atoms with Crippen molar-refractivity contribution in [3.8, 4) is 5.75 Å². The fourth-order valence-corrected chi connectivity index (χ4v) is 7.05. The number of hydrogen-bond donors (Lipinski definition) is 3. The molecule has 2 atom stereocenters. The van der Waals surface area contributed by atoms with Crippen LogP contribution in [0, 0.1) is 27.7 Å². The summed E-state index contributed by atoms with van der Waals surface area (Å²) in [5.41, 5.74) is 4.77. The first-order valence-corrected chi connectivity index (χ1v) is 16.7. The molecule has 0 bridgehead atoms. The molecule has 1 aliphatic rings. The molecule has 1 heterocycles. The number of hydrogen-bond acceptors (Lipinski definition) is 8. The molecule has 0 saturated carbocycles. The highest BCUT2D eigenvalue weighted by Crippen LogP contribution is 2.32. The van der Waals surface area contributed by atoms with Crippen LogP contribution in [0.5, 0.6) is 5.75 Å². The monoisotopic (exact) mass is 651 g/mol. The topological polar surface area (TPSA) is 149 Å². The fraction of sp³-hybridized carbons (Fsp3) is 0.382. The number of benzene rings is 3. The summed E-state index contributed by atoms with van der Waals surface area (Å²) in [7, 11) is -4.09. The van der Waals surface area contributed by atoms with Crippen LogP contribution >= 0.6 is 0 Å². The van der Waals surface area contributed by atoms with Gasteiger partial charge in [-0.2, -0.15) is 4.72 Å². The number of fused-ring (bicyclic) bond motifs is 1. The number of carbonyl (C=O) groups excluding carboxylic acids is 3. The van der Waals surface area contributed by atoms with Gasteiger partial charge in [0.25, 0.3) is 5.91 Å². The van der Waals surface area contributed by atoms with E-state index >= 15 is 0 Å². The lowest BCUT2D eigenvalue weighted by Gasteiger charge is -2.27. The van der Waals surface area contributed by atoms with Gasteiger partial charge in [-0.3, -0.25) is 9.59 Å². The van der Waals surface area contributed by atoms with E-state index in [1.54, 1.807) is 39.0 Å². The Morgan fingerprint density at radius 2 is 1.65 bits per heavy atom. The van der Waals surface area contributed by atoms with Gasteiger partial charge in [-0.1, -0.05) is 42.5 Å². The van der Waals surface area contributed by atoms with E-state index < -0.39 is 34.2 Å². The van der Waals surface area contributed by atoms with Gasteiger partial charge in [-0.05, 0) is 99.4 Å². The van der Waals surface area contributed by atoms with Crippen molar-refractivity contribution < 1.29 is 37.0 Å². The maximum Gasteiger partial charge on any atom is 0.407 e. The second-order valence-electron chi connectivity index (χ2n) is 11.3. The van der Waals surface area contributed by atoms with Gasteiger partial charge in [0, 0.05) is 6.54 Å². The van der Waals surface area contributed by atoms with Crippen LogP contribution in [0.2, 0.25) is 0 Å². The van der Waals surface area contributed by atoms with Gasteiger partial charge in [0.15, 0.2) is 6.10 Å². The van der Waals surface area contributed by atoms with Crippen LogP contribution in [0.3, 0.4) is 0 Å². The summed E-state index contributed by atoms with van der Waals surface area (Å²) in [6.07, 6.45) is -0.482. The molecule has 0 radical (unpaired) electrons. The third-order valence-electron chi connectivity index (χ3n) is 7.86. The standard InChI is InChI=1S/C34H41N3O8S/c1-6-43-33(39)28(37-46(41,42)31-23(4)21(2)17-22(3)24(31)5)19-26-14-15-29-27(18-26)36-32(38)30(45-29)13-10-16-35-34(40)44-20-25-11-8-7-9-12-25/h7-9,11-12,14-15,17-18,28,30,37H,6,10,13,16,19-20H2,1-5H3,(H,35,40)(H,36,38)/t28-,30+/m0/s1. The molecular formula is C34H41N3O8S. The minimum Gasteiger partial charge on any atom is -0.478 e. The number of carbonyl (C=O) groups is 3. The molecule has 1 aliphatic heterocycles. The first-order chi connectivity index (χ1) is 21.9. The third-order valence-corrected chi connectivity index (χ3v) is 9.61. The fourth-order valence-electron chi connectivity index (χ4n) is 5.25. The van der Waals surface area contributed by atoms with E-state index in [-0.39, 0.29) is 30.4 Å². The lowest BCUT2D eigenvalue weighted by molar-refractivity contribution is -0.145. The quantitative estimate of drug-likeness (QED) is 0.177. The molecule has 0 fully saturated rings. The van der Waals surface area contributed by atoms with Crippen LogP contribution in [0.1, 0.15) is 53.1 Å². The van der Waals surface area contributed by atoms with Gasteiger partial charge in [-0.15, -0.1) is 0 Å². The summed E-state index contributed by atoms with van der Waals surface area (Å²) in [6.45, 7) is 9.38. The van der Waals surface area contributed by atoms with E-state index in [9.17, 15) is 22.8 Å². The predicted octanol–water partition coefficient (Wildman–Crippen LogP) is 4.78. The predicted molar refractivity (Wildman–Crippen MR) is 173 cm³/mol. The molecule has 0 unspecified atom stereocenters. The van der Waals surface area contributed by atoms with Gasteiger partial charge >= 0.3 is 12.1 Å². The zero-order valence-electron chi connectivity index (χ0n) is 26.8. The van der Waals surface area contributed by atoms with Crippen LogP contribution in [-0.4, -0.2) is 51.7 Å². The Morgan fingerprint density at radius 1 is 0.957 bits per heavy atom. The van der Waals surface area contributed by atoms with Gasteiger partial charge in [-0.25, -0.2) is 13.2 Å². The zero-order chi connectivity index (χ0) is 33.4. The number of amides is 2. The summed E-state index contributed by atoms with van der Waals surface area (Å²) < 4.78 is 46.1. The number of sulfonamides is 1. The van der Waals surface area contributed by atoms with Crippen molar-refractivity contribution >= 4 is 33.7 Å². The van der Waals surface area contributed by atoms with Gasteiger partial charge in [0.1, 0.15) is 18.4 Å². The summed E-state index contributed by atoms with van der Waals surface area (Å²) in [4.78, 5) is 37.9. The molecule has 12 heteroatoms. The van der Waals surface area contributed by atoms with Crippen molar-refractivity contribution in [2.45, 2.75) is 77.5 Å². The van der Waals surface area contributed by atoms with E-state index in [1.807, 2.05) is 50.2 Å². The largest absolute Gasteiger partial charge is 0.478 e. The Bertz CT molecular complexity index is 1670.